The summed E-state index contributed by atoms with van der Waals surface area (Å²) in [5, 5.41) is 0.523. The molecule has 2 aromatic rings. The molecule has 6 nitrogen and oxygen atoms in total. The van der Waals surface area contributed by atoms with E-state index >= 15 is 0 Å². The Bertz CT molecular complexity index is 838. The summed E-state index contributed by atoms with van der Waals surface area (Å²) in [6.07, 6.45) is 0.712. The van der Waals surface area contributed by atoms with Crippen molar-refractivity contribution in [1.82, 2.24) is 5.06 Å². The minimum Gasteiger partial charge on any atom is -0.376 e. The summed E-state index contributed by atoms with van der Waals surface area (Å²) >= 11 is 0. The molecular weight excluding hydrogens is 310 g/mol. The number of rotatable bonds is 2. The van der Waals surface area contributed by atoms with E-state index in [9.17, 15) is 14.4 Å². The molecule has 0 bridgehead atoms. The molecule has 4 rings (SSSR count). The number of nitrogens with zero attached hydrogens (tertiary/aromatic N) is 1. The van der Waals surface area contributed by atoms with E-state index in [1.807, 2.05) is 0 Å². The lowest BCUT2D eigenvalue weighted by atomic mass is 10.0. The molecule has 0 unspecified atom stereocenters. The van der Waals surface area contributed by atoms with Crippen LogP contribution >= 0.6 is 0 Å². The molecule has 0 radical (unpaired) electrons. The highest BCUT2D eigenvalue weighted by Crippen LogP contribution is 2.24. The second-order valence-electron chi connectivity index (χ2n) is 5.62. The van der Waals surface area contributed by atoms with Crippen LogP contribution < -0.4 is 0 Å². The third kappa shape index (κ3) is 2.28. The molecule has 0 aromatic heterocycles. The van der Waals surface area contributed by atoms with Gasteiger partial charge in [0.05, 0.1) is 29.9 Å². The van der Waals surface area contributed by atoms with E-state index in [1.54, 1.807) is 30.3 Å². The zero-order valence-electron chi connectivity index (χ0n) is 12.7. The van der Waals surface area contributed by atoms with Gasteiger partial charge in [0, 0.05) is 0 Å². The van der Waals surface area contributed by atoms with Gasteiger partial charge in [-0.05, 0) is 41.8 Å². The molecule has 0 spiro atoms. The van der Waals surface area contributed by atoms with Crippen LogP contribution in [0.4, 0.5) is 0 Å². The van der Waals surface area contributed by atoms with Crippen molar-refractivity contribution < 1.29 is 24.0 Å². The van der Waals surface area contributed by atoms with Crippen LogP contribution in [-0.2, 0) is 22.6 Å². The predicted molar refractivity (Wildman–Crippen MR) is 82.2 cm³/mol. The van der Waals surface area contributed by atoms with Gasteiger partial charge in [-0.1, -0.05) is 23.3 Å². The zero-order valence-corrected chi connectivity index (χ0v) is 12.7. The van der Waals surface area contributed by atoms with Crippen LogP contribution in [0.5, 0.6) is 0 Å². The smallest absolute Gasteiger partial charge is 0.363 e. The molecule has 6 heteroatoms. The molecular formula is C18H13NO5. The molecule has 0 N–H and O–H groups in total. The number of carbonyl (C=O) groups is 3. The normalized spacial score (nSPS) is 15.9. The van der Waals surface area contributed by atoms with Gasteiger partial charge in [-0.2, -0.15) is 0 Å². The van der Waals surface area contributed by atoms with Crippen molar-refractivity contribution in [1.29, 1.82) is 0 Å². The number of ether oxygens (including phenoxy) is 1. The van der Waals surface area contributed by atoms with E-state index in [2.05, 4.69) is 0 Å². The summed E-state index contributed by atoms with van der Waals surface area (Å²) in [5.74, 6) is -2.00. The van der Waals surface area contributed by atoms with Gasteiger partial charge in [-0.15, -0.1) is 0 Å². The van der Waals surface area contributed by atoms with Crippen molar-refractivity contribution in [3.05, 3.63) is 70.3 Å². The lowest BCUT2D eigenvalue weighted by Crippen LogP contribution is -2.32. The molecule has 120 valence electrons. The molecule has 2 aliphatic rings. The number of imide groups is 1. The monoisotopic (exact) mass is 323 g/mol. The van der Waals surface area contributed by atoms with Crippen molar-refractivity contribution in [3.8, 4) is 0 Å². The highest BCUT2D eigenvalue weighted by atomic mass is 16.7. The SMILES string of the molecule is O=C(ON1C(=O)c2ccccc2C1=O)c1ccc2c(c1)CCOC2. The van der Waals surface area contributed by atoms with Crippen molar-refractivity contribution in [3.63, 3.8) is 0 Å². The van der Waals surface area contributed by atoms with E-state index in [4.69, 9.17) is 9.57 Å². The van der Waals surface area contributed by atoms with Gasteiger partial charge < -0.3 is 9.57 Å². The van der Waals surface area contributed by atoms with Gasteiger partial charge in [0.25, 0.3) is 11.8 Å². The molecule has 24 heavy (non-hydrogen) atoms. The van der Waals surface area contributed by atoms with Gasteiger partial charge in [0.15, 0.2) is 0 Å². The van der Waals surface area contributed by atoms with Crippen LogP contribution in [0.25, 0.3) is 0 Å². The maximum absolute atomic E-state index is 12.3. The molecule has 0 atom stereocenters. The summed E-state index contributed by atoms with van der Waals surface area (Å²) in [7, 11) is 0. The number of amides is 2. The van der Waals surface area contributed by atoms with Gasteiger partial charge >= 0.3 is 5.97 Å². The molecule has 2 heterocycles. The average Bonchev–Trinajstić information content (AvgIpc) is 2.86. The van der Waals surface area contributed by atoms with E-state index in [-0.39, 0.29) is 11.1 Å². The Hall–Kier alpha value is -2.99. The highest BCUT2D eigenvalue weighted by Gasteiger charge is 2.38. The van der Waals surface area contributed by atoms with Crippen LogP contribution in [0.1, 0.15) is 42.2 Å². The quantitative estimate of drug-likeness (QED) is 0.792. The average molecular weight is 323 g/mol. The largest absolute Gasteiger partial charge is 0.376 e. The molecule has 0 fully saturated rings. The van der Waals surface area contributed by atoms with Crippen molar-refractivity contribution in [2.45, 2.75) is 13.0 Å². The van der Waals surface area contributed by atoms with Crippen molar-refractivity contribution in [2.75, 3.05) is 6.61 Å². The van der Waals surface area contributed by atoms with Crippen LogP contribution in [0.15, 0.2) is 42.5 Å². The molecule has 2 amide bonds. The van der Waals surface area contributed by atoms with Crippen LogP contribution in [0.2, 0.25) is 0 Å². The number of hydrogen-bond acceptors (Lipinski definition) is 5. The van der Waals surface area contributed by atoms with Gasteiger partial charge in [-0.25, -0.2) is 4.79 Å². The minimum absolute atomic E-state index is 0.234. The Kier molecular flexibility index (Phi) is 3.39. The number of benzene rings is 2. The lowest BCUT2D eigenvalue weighted by molar-refractivity contribution is -0.0584. The summed E-state index contributed by atoms with van der Waals surface area (Å²) in [4.78, 5) is 41.8. The molecule has 2 aromatic carbocycles. The Morgan fingerprint density at radius 1 is 1.00 bits per heavy atom. The molecule has 0 saturated heterocycles. The Labute approximate surface area is 137 Å². The maximum atomic E-state index is 12.3. The Morgan fingerprint density at radius 2 is 1.71 bits per heavy atom. The van der Waals surface area contributed by atoms with Crippen LogP contribution in [-0.4, -0.2) is 29.5 Å². The summed E-state index contributed by atoms with van der Waals surface area (Å²) in [5.41, 5.74) is 2.81. The van der Waals surface area contributed by atoms with E-state index in [1.165, 1.54) is 12.1 Å². The number of hydroxylamine groups is 2. The molecule has 0 aliphatic carbocycles. The fourth-order valence-electron chi connectivity index (χ4n) is 2.88. The second-order valence-corrected chi connectivity index (χ2v) is 5.62. The fourth-order valence-corrected chi connectivity index (χ4v) is 2.88. The lowest BCUT2D eigenvalue weighted by Gasteiger charge is -2.17. The van der Waals surface area contributed by atoms with E-state index < -0.39 is 17.8 Å². The maximum Gasteiger partial charge on any atom is 0.363 e. The molecule has 0 saturated carbocycles. The first-order valence-corrected chi connectivity index (χ1v) is 7.55. The first-order chi connectivity index (χ1) is 11.6. The van der Waals surface area contributed by atoms with E-state index in [0.29, 0.717) is 30.3 Å². The highest BCUT2D eigenvalue weighted by molar-refractivity contribution is 6.21. The fraction of sp³-hybridized carbons (Fsp3) is 0.167. The van der Waals surface area contributed by atoms with Crippen molar-refractivity contribution >= 4 is 17.8 Å². The number of hydrogen-bond donors (Lipinski definition) is 0. The number of carbonyl (C=O) groups excluding carboxylic acids is 3. The Balaban J connectivity index is 1.57. The number of fused-ring (bicyclic) bond motifs is 2. The van der Waals surface area contributed by atoms with E-state index in [0.717, 1.165) is 11.1 Å². The van der Waals surface area contributed by atoms with Crippen LogP contribution in [0, 0.1) is 0 Å². The summed E-state index contributed by atoms with van der Waals surface area (Å²) in [6, 6.07) is 11.5. The van der Waals surface area contributed by atoms with Gasteiger partial charge in [-0.3, -0.25) is 9.59 Å². The minimum atomic E-state index is -0.737. The first kappa shape index (κ1) is 14.6. The van der Waals surface area contributed by atoms with Gasteiger partial charge in [0.1, 0.15) is 0 Å². The van der Waals surface area contributed by atoms with Crippen LogP contribution in [0.3, 0.4) is 0 Å². The summed E-state index contributed by atoms with van der Waals surface area (Å²) in [6.45, 7) is 1.12. The standard InChI is InChI=1S/C18H13NO5/c20-16-14-3-1-2-4-15(14)17(21)19(16)24-18(22)12-5-6-13-10-23-8-7-11(13)9-12/h1-6,9H,7-8,10H2. The first-order valence-electron chi connectivity index (χ1n) is 7.55. The third-order valence-electron chi connectivity index (χ3n) is 4.15. The second kappa shape index (κ2) is 5.58. The zero-order chi connectivity index (χ0) is 16.7. The topological polar surface area (TPSA) is 72.9 Å². The predicted octanol–water partition coefficient (Wildman–Crippen LogP) is 2.13. The summed E-state index contributed by atoms with van der Waals surface area (Å²) < 4.78 is 5.35. The van der Waals surface area contributed by atoms with Gasteiger partial charge in [0.2, 0.25) is 0 Å². The Morgan fingerprint density at radius 3 is 2.42 bits per heavy atom. The van der Waals surface area contributed by atoms with Crippen molar-refractivity contribution in [2.24, 2.45) is 0 Å². The third-order valence-corrected chi connectivity index (χ3v) is 4.15. The molecule has 2 aliphatic heterocycles.